The summed E-state index contributed by atoms with van der Waals surface area (Å²) in [5.74, 6) is -0.368. The van der Waals surface area contributed by atoms with E-state index in [9.17, 15) is 9.59 Å². The average Bonchev–Trinajstić information content (AvgIpc) is 2.77. The second kappa shape index (κ2) is 7.58. The van der Waals surface area contributed by atoms with Crippen molar-refractivity contribution in [2.24, 2.45) is 0 Å². The third kappa shape index (κ3) is 4.15. The summed E-state index contributed by atoms with van der Waals surface area (Å²) in [5, 5.41) is 0. The quantitative estimate of drug-likeness (QED) is 0.566. The Balaban J connectivity index is 1.94. The van der Waals surface area contributed by atoms with Crippen molar-refractivity contribution in [1.29, 1.82) is 0 Å². The van der Waals surface area contributed by atoms with E-state index in [2.05, 4.69) is 6.92 Å². The predicted molar refractivity (Wildman–Crippen MR) is 84.4 cm³/mol. The molecule has 3 heteroatoms. The topological polar surface area (TPSA) is 37.4 Å². The summed E-state index contributed by atoms with van der Waals surface area (Å²) >= 11 is 0. The minimum absolute atomic E-state index is 0.177. The van der Waals surface area contributed by atoms with Crippen LogP contribution in [0.3, 0.4) is 0 Å². The van der Waals surface area contributed by atoms with Crippen molar-refractivity contribution in [3.63, 3.8) is 0 Å². The van der Waals surface area contributed by atoms with Gasteiger partial charge in [-0.15, -0.1) is 0 Å². The number of carbonyl (C=O) groups is 2. The third-order valence-electron chi connectivity index (χ3n) is 3.53. The molecule has 1 heterocycles. The zero-order valence-electron chi connectivity index (χ0n) is 12.4. The molecule has 0 fully saturated rings. The molecule has 2 amide bonds. The lowest BCUT2D eigenvalue weighted by Gasteiger charge is -2.13. The normalized spacial score (nSPS) is 15.1. The molecular weight excluding hydrogens is 262 g/mol. The van der Waals surface area contributed by atoms with E-state index >= 15 is 0 Å². The minimum atomic E-state index is -0.191. The fourth-order valence-corrected chi connectivity index (χ4v) is 2.31. The number of carbonyl (C=O) groups excluding carboxylic acids is 2. The molecule has 0 saturated heterocycles. The Kier molecular flexibility index (Phi) is 5.50. The van der Waals surface area contributed by atoms with E-state index < -0.39 is 0 Å². The van der Waals surface area contributed by atoms with Gasteiger partial charge in [-0.25, -0.2) is 0 Å². The lowest BCUT2D eigenvalue weighted by atomic mass is 10.1. The monoisotopic (exact) mass is 283 g/mol. The van der Waals surface area contributed by atoms with E-state index in [1.165, 1.54) is 11.0 Å². The number of imide groups is 1. The van der Waals surface area contributed by atoms with Gasteiger partial charge in [0.25, 0.3) is 11.8 Å². The van der Waals surface area contributed by atoms with Gasteiger partial charge in [-0.3, -0.25) is 14.5 Å². The van der Waals surface area contributed by atoms with Gasteiger partial charge in [-0.1, -0.05) is 62.6 Å². The summed E-state index contributed by atoms with van der Waals surface area (Å²) < 4.78 is 0. The summed E-state index contributed by atoms with van der Waals surface area (Å²) in [7, 11) is 0. The fourth-order valence-electron chi connectivity index (χ4n) is 2.31. The number of benzene rings is 1. The molecule has 0 bridgehead atoms. The molecule has 1 aliphatic rings. The number of hydrogen-bond acceptors (Lipinski definition) is 2. The first-order valence-electron chi connectivity index (χ1n) is 7.53. The zero-order chi connectivity index (χ0) is 15.1. The molecule has 0 spiro atoms. The molecule has 21 heavy (non-hydrogen) atoms. The smallest absolute Gasteiger partial charge is 0.260 e. The number of unbranched alkanes of at least 4 members (excludes halogenated alkanes) is 3. The Morgan fingerprint density at radius 1 is 1.00 bits per heavy atom. The second-order valence-corrected chi connectivity index (χ2v) is 5.20. The zero-order valence-corrected chi connectivity index (χ0v) is 12.4. The molecular formula is C18H21NO2. The molecule has 0 radical (unpaired) electrons. The third-order valence-corrected chi connectivity index (χ3v) is 3.53. The molecule has 0 aromatic heterocycles. The van der Waals surface area contributed by atoms with Crippen LogP contribution in [0, 0.1) is 0 Å². The molecule has 2 rings (SSSR count). The van der Waals surface area contributed by atoms with Gasteiger partial charge >= 0.3 is 0 Å². The van der Waals surface area contributed by atoms with Gasteiger partial charge in [-0.05, 0) is 18.1 Å². The van der Waals surface area contributed by atoms with Crippen molar-refractivity contribution in [2.45, 2.75) is 32.6 Å². The highest BCUT2D eigenvalue weighted by atomic mass is 16.2. The average molecular weight is 283 g/mol. The van der Waals surface area contributed by atoms with Gasteiger partial charge in [0.2, 0.25) is 0 Å². The second-order valence-electron chi connectivity index (χ2n) is 5.20. The van der Waals surface area contributed by atoms with Crippen LogP contribution in [-0.4, -0.2) is 23.3 Å². The van der Waals surface area contributed by atoms with Crippen LogP contribution in [0.2, 0.25) is 0 Å². The van der Waals surface area contributed by atoms with Crippen LogP contribution in [-0.2, 0) is 9.59 Å². The standard InChI is InChI=1S/C18H21NO2/c1-2-3-4-8-13-19-17(20)14-16(18(19)21)12-11-15-9-6-5-7-10-15/h5-7,9-12,14H,2-4,8,13H2,1H3. The maximum absolute atomic E-state index is 12.2. The van der Waals surface area contributed by atoms with Crippen molar-refractivity contribution in [3.8, 4) is 0 Å². The summed E-state index contributed by atoms with van der Waals surface area (Å²) in [6.45, 7) is 2.66. The largest absolute Gasteiger partial charge is 0.275 e. The SMILES string of the molecule is CCCCCCN1C(=O)C=C(C=Cc2ccccc2)C1=O. The summed E-state index contributed by atoms with van der Waals surface area (Å²) in [5.41, 5.74) is 1.49. The summed E-state index contributed by atoms with van der Waals surface area (Å²) in [4.78, 5) is 25.4. The highest BCUT2D eigenvalue weighted by Gasteiger charge is 2.28. The van der Waals surface area contributed by atoms with Crippen LogP contribution in [0.5, 0.6) is 0 Å². The number of amides is 2. The van der Waals surface area contributed by atoms with E-state index in [1.807, 2.05) is 36.4 Å². The molecule has 1 aromatic carbocycles. The van der Waals surface area contributed by atoms with E-state index in [0.717, 1.165) is 31.2 Å². The highest BCUT2D eigenvalue weighted by molar-refractivity contribution is 6.17. The van der Waals surface area contributed by atoms with Gasteiger partial charge in [0.15, 0.2) is 0 Å². The van der Waals surface area contributed by atoms with Gasteiger partial charge in [-0.2, -0.15) is 0 Å². The Morgan fingerprint density at radius 2 is 1.76 bits per heavy atom. The summed E-state index contributed by atoms with van der Waals surface area (Å²) in [6, 6.07) is 9.74. The molecule has 0 aliphatic carbocycles. The van der Waals surface area contributed by atoms with E-state index in [-0.39, 0.29) is 11.8 Å². The van der Waals surface area contributed by atoms with Crippen LogP contribution in [0.15, 0.2) is 48.1 Å². The molecule has 3 nitrogen and oxygen atoms in total. The Hall–Kier alpha value is -2.16. The van der Waals surface area contributed by atoms with E-state index in [4.69, 9.17) is 0 Å². The Labute approximate surface area is 126 Å². The maximum Gasteiger partial charge on any atom is 0.260 e. The van der Waals surface area contributed by atoms with Gasteiger partial charge < -0.3 is 0 Å². The van der Waals surface area contributed by atoms with Gasteiger partial charge in [0.05, 0.1) is 0 Å². The van der Waals surface area contributed by atoms with Crippen molar-refractivity contribution in [2.75, 3.05) is 6.54 Å². The first-order valence-corrected chi connectivity index (χ1v) is 7.53. The number of rotatable bonds is 7. The van der Waals surface area contributed by atoms with E-state index in [1.54, 1.807) is 6.08 Å². The van der Waals surface area contributed by atoms with Crippen LogP contribution in [0.4, 0.5) is 0 Å². The molecule has 0 unspecified atom stereocenters. The number of hydrogen-bond donors (Lipinski definition) is 0. The Morgan fingerprint density at radius 3 is 2.48 bits per heavy atom. The molecule has 0 atom stereocenters. The van der Waals surface area contributed by atoms with Crippen LogP contribution >= 0.6 is 0 Å². The summed E-state index contributed by atoms with van der Waals surface area (Å²) in [6.07, 6.45) is 9.24. The van der Waals surface area contributed by atoms with Crippen LogP contribution in [0.25, 0.3) is 6.08 Å². The van der Waals surface area contributed by atoms with Crippen molar-refractivity contribution < 1.29 is 9.59 Å². The molecule has 0 saturated carbocycles. The lowest BCUT2D eigenvalue weighted by Crippen LogP contribution is -2.31. The van der Waals surface area contributed by atoms with Crippen LogP contribution < -0.4 is 0 Å². The lowest BCUT2D eigenvalue weighted by molar-refractivity contribution is -0.137. The van der Waals surface area contributed by atoms with Crippen molar-refractivity contribution in [1.82, 2.24) is 4.90 Å². The first kappa shape index (κ1) is 15.2. The van der Waals surface area contributed by atoms with Crippen molar-refractivity contribution in [3.05, 3.63) is 53.6 Å². The first-order chi connectivity index (χ1) is 10.2. The fraction of sp³-hybridized carbons (Fsp3) is 0.333. The predicted octanol–water partition coefficient (Wildman–Crippen LogP) is 3.58. The molecule has 0 N–H and O–H groups in total. The van der Waals surface area contributed by atoms with Crippen LogP contribution in [0.1, 0.15) is 38.2 Å². The molecule has 110 valence electrons. The molecule has 1 aliphatic heterocycles. The van der Waals surface area contributed by atoms with Gasteiger partial charge in [0, 0.05) is 18.2 Å². The minimum Gasteiger partial charge on any atom is -0.275 e. The maximum atomic E-state index is 12.2. The van der Waals surface area contributed by atoms with Crippen molar-refractivity contribution >= 4 is 17.9 Å². The Bertz CT molecular complexity index is 558. The van der Waals surface area contributed by atoms with E-state index in [0.29, 0.717) is 12.1 Å². The van der Waals surface area contributed by atoms with Gasteiger partial charge in [0.1, 0.15) is 0 Å². The number of nitrogens with zero attached hydrogens (tertiary/aromatic N) is 1. The highest BCUT2D eigenvalue weighted by Crippen LogP contribution is 2.16. The molecule has 1 aromatic rings.